The van der Waals surface area contributed by atoms with Gasteiger partial charge in [0, 0.05) is 0 Å². The maximum atomic E-state index is 10.7. The summed E-state index contributed by atoms with van der Waals surface area (Å²) in [5, 5.41) is 8.75. The van der Waals surface area contributed by atoms with Crippen LogP contribution in [0.5, 0.6) is 0 Å². The molecule has 1 aliphatic rings. The van der Waals surface area contributed by atoms with Crippen molar-refractivity contribution in [3.8, 4) is 0 Å². The molecule has 1 fully saturated rings. The topological polar surface area (TPSA) is 63.3 Å². The summed E-state index contributed by atoms with van der Waals surface area (Å²) >= 11 is 0. The molecule has 0 aromatic heterocycles. The van der Waals surface area contributed by atoms with Gasteiger partial charge in [-0.3, -0.25) is 4.79 Å². The predicted octanol–water partition coefficient (Wildman–Crippen LogP) is 1.08. The van der Waals surface area contributed by atoms with Gasteiger partial charge in [-0.15, -0.1) is 0 Å². The molecule has 1 aliphatic carbocycles. The van der Waals surface area contributed by atoms with Crippen LogP contribution in [-0.2, 0) is 4.79 Å². The van der Waals surface area contributed by atoms with Gasteiger partial charge in [-0.05, 0) is 30.6 Å². The molecular formula is C9H17NO2. The van der Waals surface area contributed by atoms with E-state index in [9.17, 15) is 4.79 Å². The molecule has 1 rings (SSSR count). The number of carbonyl (C=O) groups is 1. The van der Waals surface area contributed by atoms with E-state index in [0.717, 1.165) is 12.8 Å². The molecule has 0 heterocycles. The lowest BCUT2D eigenvalue weighted by molar-refractivity contribution is -0.140. The molecule has 2 atom stereocenters. The number of carboxylic acids is 1. The molecule has 0 amide bonds. The van der Waals surface area contributed by atoms with Gasteiger partial charge in [-0.25, -0.2) is 0 Å². The summed E-state index contributed by atoms with van der Waals surface area (Å²) < 4.78 is 0. The first-order chi connectivity index (χ1) is 5.54. The van der Waals surface area contributed by atoms with Crippen molar-refractivity contribution in [1.29, 1.82) is 0 Å². The first-order valence-electron chi connectivity index (χ1n) is 4.52. The summed E-state index contributed by atoms with van der Waals surface area (Å²) in [6.07, 6.45) is 2.31. The third-order valence-electron chi connectivity index (χ3n) is 2.64. The SMILES string of the molecule is CC(C)C(C1CC1)C(N)C(=O)O. The highest BCUT2D eigenvalue weighted by Gasteiger charge is 2.39. The van der Waals surface area contributed by atoms with Crippen molar-refractivity contribution in [2.75, 3.05) is 0 Å². The predicted molar refractivity (Wildman–Crippen MR) is 46.7 cm³/mol. The number of aliphatic carboxylic acids is 1. The Kier molecular flexibility index (Phi) is 2.73. The van der Waals surface area contributed by atoms with Crippen LogP contribution >= 0.6 is 0 Å². The molecule has 12 heavy (non-hydrogen) atoms. The van der Waals surface area contributed by atoms with Crippen LogP contribution in [0, 0.1) is 17.8 Å². The minimum atomic E-state index is -0.861. The Morgan fingerprint density at radius 3 is 2.25 bits per heavy atom. The van der Waals surface area contributed by atoms with E-state index in [1.165, 1.54) is 0 Å². The Morgan fingerprint density at radius 2 is 2.00 bits per heavy atom. The summed E-state index contributed by atoms with van der Waals surface area (Å²) in [5.41, 5.74) is 5.60. The Labute approximate surface area is 72.9 Å². The molecule has 3 nitrogen and oxygen atoms in total. The van der Waals surface area contributed by atoms with Crippen LogP contribution in [0.15, 0.2) is 0 Å². The van der Waals surface area contributed by atoms with Gasteiger partial charge in [0.25, 0.3) is 0 Å². The molecule has 0 aromatic carbocycles. The molecule has 3 N–H and O–H groups in total. The van der Waals surface area contributed by atoms with Crippen LogP contribution in [0.4, 0.5) is 0 Å². The smallest absolute Gasteiger partial charge is 0.320 e. The fourth-order valence-corrected chi connectivity index (χ4v) is 1.90. The van der Waals surface area contributed by atoms with E-state index < -0.39 is 12.0 Å². The van der Waals surface area contributed by atoms with Crippen molar-refractivity contribution in [2.24, 2.45) is 23.5 Å². The van der Waals surface area contributed by atoms with Crippen molar-refractivity contribution in [3.05, 3.63) is 0 Å². The zero-order valence-corrected chi connectivity index (χ0v) is 7.66. The maximum absolute atomic E-state index is 10.7. The van der Waals surface area contributed by atoms with E-state index in [-0.39, 0.29) is 5.92 Å². The lowest BCUT2D eigenvalue weighted by Crippen LogP contribution is -2.41. The van der Waals surface area contributed by atoms with Crippen molar-refractivity contribution < 1.29 is 9.90 Å². The summed E-state index contributed by atoms with van der Waals surface area (Å²) in [6.45, 7) is 4.09. The van der Waals surface area contributed by atoms with Gasteiger partial charge in [0.05, 0.1) is 0 Å². The molecule has 0 radical (unpaired) electrons. The van der Waals surface area contributed by atoms with Crippen LogP contribution in [0.2, 0.25) is 0 Å². The van der Waals surface area contributed by atoms with Crippen LogP contribution in [0.1, 0.15) is 26.7 Å². The fourth-order valence-electron chi connectivity index (χ4n) is 1.90. The van der Waals surface area contributed by atoms with Gasteiger partial charge in [0.15, 0.2) is 0 Å². The highest BCUT2D eigenvalue weighted by Crippen LogP contribution is 2.41. The maximum Gasteiger partial charge on any atom is 0.320 e. The molecule has 2 unspecified atom stereocenters. The van der Waals surface area contributed by atoms with Crippen LogP contribution in [0.3, 0.4) is 0 Å². The van der Waals surface area contributed by atoms with Crippen molar-refractivity contribution in [3.63, 3.8) is 0 Å². The summed E-state index contributed by atoms with van der Waals surface area (Å²) in [4.78, 5) is 10.7. The van der Waals surface area contributed by atoms with E-state index in [0.29, 0.717) is 11.8 Å². The van der Waals surface area contributed by atoms with Crippen molar-refractivity contribution in [2.45, 2.75) is 32.7 Å². The molecular weight excluding hydrogens is 154 g/mol. The fraction of sp³-hybridized carbons (Fsp3) is 0.889. The number of hydrogen-bond acceptors (Lipinski definition) is 2. The molecule has 70 valence electrons. The molecule has 1 saturated carbocycles. The minimum absolute atomic E-state index is 0.169. The van der Waals surface area contributed by atoms with Crippen LogP contribution < -0.4 is 5.73 Å². The summed E-state index contributed by atoms with van der Waals surface area (Å²) in [7, 11) is 0. The molecule has 0 spiro atoms. The van der Waals surface area contributed by atoms with Gasteiger partial charge in [-0.2, -0.15) is 0 Å². The molecule has 0 bridgehead atoms. The van der Waals surface area contributed by atoms with E-state index in [2.05, 4.69) is 0 Å². The van der Waals surface area contributed by atoms with Gasteiger partial charge in [-0.1, -0.05) is 13.8 Å². The number of rotatable bonds is 4. The highest BCUT2D eigenvalue weighted by molar-refractivity contribution is 5.73. The highest BCUT2D eigenvalue weighted by atomic mass is 16.4. The first-order valence-corrected chi connectivity index (χ1v) is 4.52. The van der Waals surface area contributed by atoms with E-state index in [1.54, 1.807) is 0 Å². The minimum Gasteiger partial charge on any atom is -0.480 e. The van der Waals surface area contributed by atoms with E-state index >= 15 is 0 Å². The van der Waals surface area contributed by atoms with Gasteiger partial charge in [0.1, 0.15) is 6.04 Å². The van der Waals surface area contributed by atoms with E-state index in [4.69, 9.17) is 10.8 Å². The molecule has 0 aliphatic heterocycles. The Balaban J connectivity index is 2.57. The zero-order chi connectivity index (χ0) is 9.30. The van der Waals surface area contributed by atoms with Crippen molar-refractivity contribution >= 4 is 5.97 Å². The van der Waals surface area contributed by atoms with Gasteiger partial charge >= 0.3 is 5.97 Å². The largest absolute Gasteiger partial charge is 0.480 e. The second-order valence-corrected chi connectivity index (χ2v) is 4.02. The van der Waals surface area contributed by atoms with Crippen molar-refractivity contribution in [1.82, 2.24) is 0 Å². The zero-order valence-electron chi connectivity index (χ0n) is 7.66. The lowest BCUT2D eigenvalue weighted by Gasteiger charge is -2.23. The van der Waals surface area contributed by atoms with Gasteiger partial charge in [0.2, 0.25) is 0 Å². The number of hydrogen-bond donors (Lipinski definition) is 2. The second kappa shape index (κ2) is 3.44. The third kappa shape index (κ3) is 1.97. The van der Waals surface area contributed by atoms with Crippen LogP contribution in [-0.4, -0.2) is 17.1 Å². The van der Waals surface area contributed by atoms with Crippen LogP contribution in [0.25, 0.3) is 0 Å². The third-order valence-corrected chi connectivity index (χ3v) is 2.64. The average molecular weight is 171 g/mol. The summed E-state index contributed by atoms with van der Waals surface area (Å²) in [5.74, 6) is 0.253. The first kappa shape index (κ1) is 9.52. The molecule has 3 heteroatoms. The quantitative estimate of drug-likeness (QED) is 0.665. The second-order valence-electron chi connectivity index (χ2n) is 4.02. The molecule has 0 aromatic rings. The monoisotopic (exact) mass is 171 g/mol. The lowest BCUT2D eigenvalue weighted by atomic mass is 9.85. The Morgan fingerprint density at radius 1 is 1.50 bits per heavy atom. The average Bonchev–Trinajstić information content (AvgIpc) is 2.70. The molecule has 0 saturated heterocycles. The number of nitrogens with two attached hydrogens (primary N) is 1. The van der Waals surface area contributed by atoms with Gasteiger partial charge < -0.3 is 10.8 Å². The van der Waals surface area contributed by atoms with E-state index in [1.807, 2.05) is 13.8 Å². The Bertz CT molecular complexity index is 173. The normalized spacial score (nSPS) is 22.3. The Hall–Kier alpha value is -0.570. The standard InChI is InChI=1S/C9H17NO2/c1-5(2)7(6-3-4-6)8(10)9(11)12/h5-8H,3-4,10H2,1-2H3,(H,11,12). The summed E-state index contributed by atoms with van der Waals surface area (Å²) in [6, 6.07) is -0.669. The number of carboxylic acid groups (broad SMARTS) is 1.